The number of sulfone groups is 1. The van der Waals surface area contributed by atoms with Gasteiger partial charge in [0, 0.05) is 18.1 Å². The molecule has 0 unspecified atom stereocenters. The van der Waals surface area contributed by atoms with Gasteiger partial charge in [-0.05, 0) is 30.4 Å². The van der Waals surface area contributed by atoms with Gasteiger partial charge in [0.15, 0.2) is 0 Å². The molecule has 18 heavy (non-hydrogen) atoms. The molecule has 0 N–H and O–H groups in total. The molecule has 0 heterocycles. The molecule has 3 nitrogen and oxygen atoms in total. The molecule has 0 spiro atoms. The number of hydrogen-bond donors (Lipinski definition) is 0. The highest BCUT2D eigenvalue weighted by Crippen LogP contribution is 2.49. The largest absolute Gasteiger partial charge is 0.303 e. The van der Waals surface area contributed by atoms with Gasteiger partial charge in [0.25, 0.3) is 0 Å². The highest BCUT2D eigenvalue weighted by atomic mass is 32.2. The molecule has 1 fully saturated rings. The predicted octanol–water partition coefficient (Wildman–Crippen LogP) is 1.89. The predicted molar refractivity (Wildman–Crippen MR) is 71.4 cm³/mol. The molecule has 0 atom stereocenters. The Balaban J connectivity index is 2.12. The zero-order chi connectivity index (χ0) is 13.2. The fourth-order valence-corrected chi connectivity index (χ4v) is 3.88. The summed E-state index contributed by atoms with van der Waals surface area (Å²) in [7, 11) is -2.94. The highest BCUT2D eigenvalue weighted by molar-refractivity contribution is 7.90. The molecule has 1 aliphatic rings. The van der Waals surface area contributed by atoms with Gasteiger partial charge in [-0.3, -0.25) is 0 Å². The first-order valence-electron chi connectivity index (χ1n) is 6.16. The Kier molecular flexibility index (Phi) is 3.57. The van der Waals surface area contributed by atoms with Crippen LogP contribution in [0.25, 0.3) is 0 Å². The molecule has 0 aliphatic heterocycles. The normalized spacial score (nSPS) is 17.4. The van der Waals surface area contributed by atoms with E-state index in [9.17, 15) is 13.2 Å². The summed E-state index contributed by atoms with van der Waals surface area (Å²) in [6.45, 7) is 0. The molecule has 0 bridgehead atoms. The van der Waals surface area contributed by atoms with Crippen molar-refractivity contribution in [2.75, 3.05) is 12.0 Å². The number of aldehydes is 1. The SMILES string of the molecule is CS(=O)(=O)CC1(c2ccc(CCC=O)cc2)CC1. The van der Waals surface area contributed by atoms with Crippen LogP contribution in [-0.2, 0) is 26.5 Å². The van der Waals surface area contributed by atoms with E-state index in [0.29, 0.717) is 6.42 Å². The Bertz CT molecular complexity index is 525. The lowest BCUT2D eigenvalue weighted by atomic mass is 9.96. The van der Waals surface area contributed by atoms with Crippen LogP contribution in [0, 0.1) is 0 Å². The first-order valence-corrected chi connectivity index (χ1v) is 8.22. The Morgan fingerprint density at radius 2 is 1.83 bits per heavy atom. The summed E-state index contributed by atoms with van der Waals surface area (Å²) in [5.74, 6) is 0.244. The van der Waals surface area contributed by atoms with Crippen molar-refractivity contribution in [3.8, 4) is 0 Å². The molecule has 1 saturated carbocycles. The molecule has 1 aliphatic carbocycles. The monoisotopic (exact) mass is 266 g/mol. The van der Waals surface area contributed by atoms with Crippen molar-refractivity contribution in [2.24, 2.45) is 0 Å². The molecule has 0 amide bonds. The molecule has 4 heteroatoms. The van der Waals surface area contributed by atoms with E-state index in [1.807, 2.05) is 24.3 Å². The fourth-order valence-electron chi connectivity index (χ4n) is 2.42. The van der Waals surface area contributed by atoms with Crippen LogP contribution in [0.15, 0.2) is 24.3 Å². The quantitative estimate of drug-likeness (QED) is 0.739. The van der Waals surface area contributed by atoms with Crippen molar-refractivity contribution in [2.45, 2.75) is 31.1 Å². The van der Waals surface area contributed by atoms with Crippen LogP contribution < -0.4 is 0 Å². The minimum atomic E-state index is -2.94. The third kappa shape index (κ3) is 3.19. The van der Waals surface area contributed by atoms with E-state index in [1.165, 1.54) is 6.26 Å². The molecule has 2 rings (SSSR count). The van der Waals surface area contributed by atoms with E-state index in [2.05, 4.69) is 0 Å². The van der Waals surface area contributed by atoms with Crippen LogP contribution in [0.5, 0.6) is 0 Å². The summed E-state index contributed by atoms with van der Waals surface area (Å²) in [6.07, 6.45) is 5.41. The molecule has 98 valence electrons. The van der Waals surface area contributed by atoms with Crippen LogP contribution in [0.3, 0.4) is 0 Å². The Hall–Kier alpha value is -1.16. The second-order valence-electron chi connectivity index (χ2n) is 5.25. The van der Waals surface area contributed by atoms with Crippen molar-refractivity contribution in [3.05, 3.63) is 35.4 Å². The summed E-state index contributed by atoms with van der Waals surface area (Å²) in [5.41, 5.74) is 2.10. The lowest BCUT2D eigenvalue weighted by Crippen LogP contribution is -2.19. The maximum absolute atomic E-state index is 11.4. The third-order valence-corrected chi connectivity index (χ3v) is 4.59. The number of aryl methyl sites for hydroxylation is 1. The van der Waals surface area contributed by atoms with Crippen LogP contribution in [0.4, 0.5) is 0 Å². The van der Waals surface area contributed by atoms with Gasteiger partial charge in [0.1, 0.15) is 16.1 Å². The average Bonchev–Trinajstić information content (AvgIpc) is 3.05. The standard InChI is InChI=1S/C14H18O3S/c1-18(16,17)11-14(8-9-14)13-6-4-12(5-7-13)3-2-10-15/h4-7,10H,2-3,8-9,11H2,1H3. The Labute approximate surface area is 108 Å². The molecule has 0 radical (unpaired) electrons. The molecule has 0 saturated heterocycles. The van der Waals surface area contributed by atoms with Crippen molar-refractivity contribution < 1.29 is 13.2 Å². The van der Waals surface area contributed by atoms with E-state index in [4.69, 9.17) is 0 Å². The van der Waals surface area contributed by atoms with Gasteiger partial charge in [-0.25, -0.2) is 8.42 Å². The van der Waals surface area contributed by atoms with Crippen molar-refractivity contribution in [1.29, 1.82) is 0 Å². The van der Waals surface area contributed by atoms with Gasteiger partial charge >= 0.3 is 0 Å². The van der Waals surface area contributed by atoms with Gasteiger partial charge in [0.05, 0.1) is 5.75 Å². The molecule has 0 aromatic heterocycles. The maximum Gasteiger partial charge on any atom is 0.148 e. The number of hydrogen-bond acceptors (Lipinski definition) is 3. The van der Waals surface area contributed by atoms with Crippen LogP contribution >= 0.6 is 0 Å². The van der Waals surface area contributed by atoms with Crippen molar-refractivity contribution >= 4 is 16.1 Å². The number of carbonyl (C=O) groups excluding carboxylic acids is 1. The van der Waals surface area contributed by atoms with Crippen molar-refractivity contribution in [1.82, 2.24) is 0 Å². The molecular weight excluding hydrogens is 248 g/mol. The van der Waals surface area contributed by atoms with E-state index < -0.39 is 9.84 Å². The first-order chi connectivity index (χ1) is 8.45. The number of rotatable bonds is 6. The Morgan fingerprint density at radius 1 is 1.22 bits per heavy atom. The topological polar surface area (TPSA) is 51.2 Å². The second-order valence-corrected chi connectivity index (χ2v) is 7.39. The molecule has 1 aromatic rings. The van der Waals surface area contributed by atoms with Crippen molar-refractivity contribution in [3.63, 3.8) is 0 Å². The summed E-state index contributed by atoms with van der Waals surface area (Å²) >= 11 is 0. The Morgan fingerprint density at radius 3 is 2.28 bits per heavy atom. The zero-order valence-electron chi connectivity index (χ0n) is 10.6. The molecular formula is C14H18O3S. The average molecular weight is 266 g/mol. The number of benzene rings is 1. The second kappa shape index (κ2) is 4.84. The zero-order valence-corrected chi connectivity index (χ0v) is 11.4. The van der Waals surface area contributed by atoms with Gasteiger partial charge in [-0.15, -0.1) is 0 Å². The smallest absolute Gasteiger partial charge is 0.148 e. The van der Waals surface area contributed by atoms with Gasteiger partial charge in [-0.2, -0.15) is 0 Å². The fraction of sp³-hybridized carbons (Fsp3) is 0.500. The summed E-state index contributed by atoms with van der Waals surface area (Å²) in [5, 5.41) is 0. The molecule has 1 aromatic carbocycles. The van der Waals surface area contributed by atoms with E-state index in [-0.39, 0.29) is 11.2 Å². The minimum Gasteiger partial charge on any atom is -0.303 e. The maximum atomic E-state index is 11.4. The highest BCUT2D eigenvalue weighted by Gasteiger charge is 2.46. The van der Waals surface area contributed by atoms with Gasteiger partial charge < -0.3 is 4.79 Å². The summed E-state index contributed by atoms with van der Waals surface area (Å²) in [6, 6.07) is 8.03. The summed E-state index contributed by atoms with van der Waals surface area (Å²) in [4.78, 5) is 10.3. The van der Waals surface area contributed by atoms with E-state index in [1.54, 1.807) is 0 Å². The van der Waals surface area contributed by atoms with Gasteiger partial charge in [0.2, 0.25) is 0 Å². The van der Waals surface area contributed by atoms with Gasteiger partial charge in [-0.1, -0.05) is 24.3 Å². The summed E-state index contributed by atoms with van der Waals surface area (Å²) < 4.78 is 22.9. The van der Waals surface area contributed by atoms with Crippen LogP contribution in [0.1, 0.15) is 30.4 Å². The van der Waals surface area contributed by atoms with E-state index in [0.717, 1.165) is 36.7 Å². The third-order valence-electron chi connectivity index (χ3n) is 3.51. The first kappa shape index (κ1) is 13.3. The van der Waals surface area contributed by atoms with Crippen LogP contribution in [-0.4, -0.2) is 26.7 Å². The lowest BCUT2D eigenvalue weighted by molar-refractivity contribution is -0.107. The minimum absolute atomic E-state index is 0.142. The van der Waals surface area contributed by atoms with E-state index >= 15 is 0 Å². The number of carbonyl (C=O) groups is 1. The van der Waals surface area contributed by atoms with Crippen LogP contribution in [0.2, 0.25) is 0 Å². The lowest BCUT2D eigenvalue weighted by Gasteiger charge is -2.14.